The summed E-state index contributed by atoms with van der Waals surface area (Å²) in [5, 5.41) is 7.49. The summed E-state index contributed by atoms with van der Waals surface area (Å²) in [6.07, 6.45) is 3.99. The molecule has 5 rings (SSSR count). The van der Waals surface area contributed by atoms with Crippen LogP contribution in [0.25, 0.3) is 5.69 Å². The molecule has 2 aliphatic rings. The van der Waals surface area contributed by atoms with E-state index in [0.717, 1.165) is 48.3 Å². The molecule has 0 spiro atoms. The van der Waals surface area contributed by atoms with Crippen molar-refractivity contribution in [1.82, 2.24) is 9.78 Å². The van der Waals surface area contributed by atoms with Gasteiger partial charge in [-0.1, -0.05) is 6.07 Å². The maximum absolute atomic E-state index is 13.3. The molecule has 0 atom stereocenters. The molecule has 7 heteroatoms. The van der Waals surface area contributed by atoms with E-state index in [1.54, 1.807) is 27.8 Å². The molecule has 1 aromatic heterocycles. The molecule has 0 radical (unpaired) electrons. The number of amides is 2. The first-order valence-electron chi connectivity index (χ1n) is 10.2. The molecule has 0 saturated carbocycles. The number of aromatic nitrogens is 2. The van der Waals surface area contributed by atoms with Crippen LogP contribution in [0, 0.1) is 5.82 Å². The SMILES string of the molecule is O=C(Nc1cccc(N2CCCC2=O)c1)c1nn(-c2ccc(F)cc2)c2c1CCC2. The van der Waals surface area contributed by atoms with Gasteiger partial charge in [0.15, 0.2) is 5.69 Å². The Labute approximate surface area is 173 Å². The fourth-order valence-electron chi connectivity index (χ4n) is 4.28. The van der Waals surface area contributed by atoms with Crippen molar-refractivity contribution in [3.63, 3.8) is 0 Å². The summed E-state index contributed by atoms with van der Waals surface area (Å²) in [4.78, 5) is 26.8. The van der Waals surface area contributed by atoms with Gasteiger partial charge in [0.05, 0.1) is 5.69 Å². The fourth-order valence-corrected chi connectivity index (χ4v) is 4.28. The molecule has 1 aliphatic heterocycles. The van der Waals surface area contributed by atoms with E-state index in [2.05, 4.69) is 10.4 Å². The number of hydrogen-bond acceptors (Lipinski definition) is 3. The normalized spacial score (nSPS) is 15.5. The largest absolute Gasteiger partial charge is 0.321 e. The van der Waals surface area contributed by atoms with Gasteiger partial charge in [-0.15, -0.1) is 0 Å². The van der Waals surface area contributed by atoms with Gasteiger partial charge >= 0.3 is 0 Å². The summed E-state index contributed by atoms with van der Waals surface area (Å²) in [7, 11) is 0. The summed E-state index contributed by atoms with van der Waals surface area (Å²) in [5.41, 5.74) is 4.50. The molecule has 6 nitrogen and oxygen atoms in total. The van der Waals surface area contributed by atoms with Gasteiger partial charge in [0.2, 0.25) is 5.91 Å². The number of halogens is 1. The Bertz CT molecular complexity index is 1140. The van der Waals surface area contributed by atoms with Gasteiger partial charge in [0, 0.05) is 35.6 Å². The third-order valence-electron chi connectivity index (χ3n) is 5.71. The molecule has 2 amide bonds. The zero-order valence-electron chi connectivity index (χ0n) is 16.4. The maximum Gasteiger partial charge on any atom is 0.276 e. The number of nitrogens with zero attached hydrogens (tertiary/aromatic N) is 3. The number of nitrogens with one attached hydrogen (secondary N) is 1. The molecule has 2 heterocycles. The second-order valence-corrected chi connectivity index (χ2v) is 7.67. The van der Waals surface area contributed by atoms with Crippen LogP contribution in [0.15, 0.2) is 48.5 Å². The molecule has 152 valence electrons. The number of hydrogen-bond donors (Lipinski definition) is 1. The summed E-state index contributed by atoms with van der Waals surface area (Å²) in [6, 6.07) is 13.4. The van der Waals surface area contributed by atoms with Gasteiger partial charge < -0.3 is 10.2 Å². The maximum atomic E-state index is 13.3. The highest BCUT2D eigenvalue weighted by atomic mass is 19.1. The second kappa shape index (κ2) is 7.40. The number of carbonyl (C=O) groups is 2. The predicted molar refractivity (Wildman–Crippen MR) is 112 cm³/mol. The Kier molecular flexibility index (Phi) is 4.58. The van der Waals surface area contributed by atoms with Crippen LogP contribution in [0.3, 0.4) is 0 Å². The molecule has 1 saturated heterocycles. The van der Waals surface area contributed by atoms with Crippen LogP contribution in [0.5, 0.6) is 0 Å². The van der Waals surface area contributed by atoms with Crippen molar-refractivity contribution in [3.05, 3.63) is 71.3 Å². The quantitative estimate of drug-likeness (QED) is 0.718. The van der Waals surface area contributed by atoms with Crippen molar-refractivity contribution in [2.24, 2.45) is 0 Å². The Morgan fingerprint density at radius 2 is 1.83 bits per heavy atom. The average Bonchev–Trinajstić information content (AvgIpc) is 3.45. The van der Waals surface area contributed by atoms with Gasteiger partial charge in [-0.3, -0.25) is 9.59 Å². The van der Waals surface area contributed by atoms with Gasteiger partial charge in [-0.25, -0.2) is 9.07 Å². The van der Waals surface area contributed by atoms with Crippen molar-refractivity contribution >= 4 is 23.2 Å². The minimum atomic E-state index is -0.308. The lowest BCUT2D eigenvalue weighted by Gasteiger charge is -2.16. The number of benzene rings is 2. The molecule has 1 N–H and O–H groups in total. The highest BCUT2D eigenvalue weighted by Gasteiger charge is 2.27. The number of rotatable bonds is 4. The highest BCUT2D eigenvalue weighted by molar-refractivity contribution is 6.05. The zero-order chi connectivity index (χ0) is 20.7. The van der Waals surface area contributed by atoms with Crippen molar-refractivity contribution < 1.29 is 14.0 Å². The summed E-state index contributed by atoms with van der Waals surface area (Å²) >= 11 is 0. The summed E-state index contributed by atoms with van der Waals surface area (Å²) < 4.78 is 15.0. The highest BCUT2D eigenvalue weighted by Crippen LogP contribution is 2.29. The van der Waals surface area contributed by atoms with E-state index < -0.39 is 0 Å². The van der Waals surface area contributed by atoms with Crippen molar-refractivity contribution in [2.45, 2.75) is 32.1 Å². The molecule has 2 aromatic carbocycles. The summed E-state index contributed by atoms with van der Waals surface area (Å²) in [6.45, 7) is 0.700. The third kappa shape index (κ3) is 3.26. The Morgan fingerprint density at radius 1 is 1.00 bits per heavy atom. The molecule has 30 heavy (non-hydrogen) atoms. The zero-order valence-corrected chi connectivity index (χ0v) is 16.4. The third-order valence-corrected chi connectivity index (χ3v) is 5.71. The lowest BCUT2D eigenvalue weighted by Crippen LogP contribution is -2.23. The topological polar surface area (TPSA) is 67.2 Å². The first kappa shape index (κ1) is 18.5. The first-order chi connectivity index (χ1) is 14.6. The fraction of sp³-hybridized carbons (Fsp3) is 0.261. The van der Waals surface area contributed by atoms with E-state index in [9.17, 15) is 14.0 Å². The van der Waals surface area contributed by atoms with Crippen LogP contribution in [0.2, 0.25) is 0 Å². The predicted octanol–water partition coefficient (Wildman–Crippen LogP) is 3.88. The summed E-state index contributed by atoms with van der Waals surface area (Å²) in [5.74, 6) is -0.481. The molecule has 0 unspecified atom stereocenters. The monoisotopic (exact) mass is 404 g/mol. The van der Waals surface area contributed by atoms with Crippen LogP contribution < -0.4 is 10.2 Å². The molecule has 3 aromatic rings. The van der Waals surface area contributed by atoms with E-state index in [4.69, 9.17) is 0 Å². The van der Waals surface area contributed by atoms with E-state index in [1.165, 1.54) is 12.1 Å². The minimum absolute atomic E-state index is 0.106. The molecule has 1 aliphatic carbocycles. The Hall–Kier alpha value is -3.48. The van der Waals surface area contributed by atoms with E-state index in [1.807, 2.05) is 18.2 Å². The standard InChI is InChI=1S/C23H21FN4O2/c24-15-9-11-17(12-10-15)28-20-7-2-6-19(20)22(26-28)23(30)25-16-4-1-5-18(14-16)27-13-3-8-21(27)29/h1,4-5,9-12,14H,2-3,6-8,13H2,(H,25,30). The van der Waals surface area contributed by atoms with Gasteiger partial charge in [0.25, 0.3) is 5.91 Å². The van der Waals surface area contributed by atoms with Crippen molar-refractivity contribution in [1.29, 1.82) is 0 Å². The molecule has 0 bridgehead atoms. The van der Waals surface area contributed by atoms with E-state index in [0.29, 0.717) is 24.3 Å². The van der Waals surface area contributed by atoms with E-state index >= 15 is 0 Å². The number of anilines is 2. The van der Waals surface area contributed by atoms with Crippen molar-refractivity contribution in [2.75, 3.05) is 16.8 Å². The van der Waals surface area contributed by atoms with Gasteiger partial charge in [-0.05, 0) is 68.1 Å². The molecular weight excluding hydrogens is 383 g/mol. The lowest BCUT2D eigenvalue weighted by atomic mass is 10.2. The van der Waals surface area contributed by atoms with Crippen molar-refractivity contribution in [3.8, 4) is 5.69 Å². The Balaban J connectivity index is 1.43. The Morgan fingerprint density at radius 3 is 2.60 bits per heavy atom. The van der Waals surface area contributed by atoms with Crippen LogP contribution in [0.4, 0.5) is 15.8 Å². The van der Waals surface area contributed by atoms with Crippen LogP contribution in [-0.2, 0) is 17.6 Å². The smallest absolute Gasteiger partial charge is 0.276 e. The van der Waals surface area contributed by atoms with Crippen LogP contribution in [0.1, 0.15) is 41.0 Å². The van der Waals surface area contributed by atoms with E-state index in [-0.39, 0.29) is 17.6 Å². The average molecular weight is 404 g/mol. The van der Waals surface area contributed by atoms with Crippen LogP contribution >= 0.6 is 0 Å². The molecule has 1 fully saturated rings. The van der Waals surface area contributed by atoms with Gasteiger partial charge in [0.1, 0.15) is 5.82 Å². The second-order valence-electron chi connectivity index (χ2n) is 7.67. The number of fused-ring (bicyclic) bond motifs is 1. The first-order valence-corrected chi connectivity index (χ1v) is 10.2. The number of carbonyl (C=O) groups excluding carboxylic acids is 2. The van der Waals surface area contributed by atoms with Gasteiger partial charge in [-0.2, -0.15) is 5.10 Å². The lowest BCUT2D eigenvalue weighted by molar-refractivity contribution is -0.117. The minimum Gasteiger partial charge on any atom is -0.321 e. The van der Waals surface area contributed by atoms with Crippen LogP contribution in [-0.4, -0.2) is 28.1 Å². The molecular formula is C23H21FN4O2.